The molecule has 1 aromatic heterocycles. The highest BCUT2D eigenvalue weighted by Crippen LogP contribution is 2.32. The number of carbonyl (C=O) groups is 3. The Balaban J connectivity index is 2.20. The number of primary amides is 1. The molecule has 0 unspecified atom stereocenters. The lowest BCUT2D eigenvalue weighted by molar-refractivity contribution is 0.101. The number of nitrogens with two attached hydrogens (primary N) is 1. The number of nitrogens with one attached hydrogen (secondary N) is 1. The van der Waals surface area contributed by atoms with E-state index < -0.39 is 17.8 Å². The SMILES string of the molecule is CC(=O)c1ccc2c(c1)c(C(=O)Nc1ccccc1)c(O)n2C(N)=O. The minimum atomic E-state index is -0.933. The van der Waals surface area contributed by atoms with Gasteiger partial charge in [-0.1, -0.05) is 18.2 Å². The summed E-state index contributed by atoms with van der Waals surface area (Å²) in [6, 6.07) is 12.1. The van der Waals surface area contributed by atoms with Crippen LogP contribution in [0.15, 0.2) is 48.5 Å². The van der Waals surface area contributed by atoms with Gasteiger partial charge in [0.15, 0.2) is 5.78 Å². The Kier molecular flexibility index (Phi) is 3.98. The molecule has 1 heterocycles. The minimum Gasteiger partial charge on any atom is -0.494 e. The van der Waals surface area contributed by atoms with Crippen LogP contribution in [0.5, 0.6) is 5.88 Å². The van der Waals surface area contributed by atoms with Crippen molar-refractivity contribution in [2.75, 3.05) is 5.32 Å². The summed E-state index contributed by atoms with van der Waals surface area (Å²) < 4.78 is 0.832. The van der Waals surface area contributed by atoms with E-state index in [0.717, 1.165) is 4.57 Å². The van der Waals surface area contributed by atoms with Gasteiger partial charge in [-0.2, -0.15) is 0 Å². The van der Waals surface area contributed by atoms with Gasteiger partial charge in [0.25, 0.3) is 5.91 Å². The van der Waals surface area contributed by atoms with Crippen LogP contribution in [0.2, 0.25) is 0 Å². The number of hydrogen-bond donors (Lipinski definition) is 3. The molecule has 0 bridgehead atoms. The number of anilines is 1. The van der Waals surface area contributed by atoms with E-state index in [-0.39, 0.29) is 22.2 Å². The van der Waals surface area contributed by atoms with Crippen LogP contribution in [0.25, 0.3) is 10.9 Å². The topological polar surface area (TPSA) is 114 Å². The second kappa shape index (κ2) is 6.12. The summed E-state index contributed by atoms with van der Waals surface area (Å²) in [6.07, 6.45) is 0. The lowest BCUT2D eigenvalue weighted by Crippen LogP contribution is -2.19. The quantitative estimate of drug-likeness (QED) is 0.637. The normalized spacial score (nSPS) is 10.6. The van der Waals surface area contributed by atoms with Crippen molar-refractivity contribution in [1.29, 1.82) is 0 Å². The Hall–Kier alpha value is -3.61. The predicted molar refractivity (Wildman–Crippen MR) is 93.0 cm³/mol. The highest BCUT2D eigenvalue weighted by atomic mass is 16.3. The van der Waals surface area contributed by atoms with E-state index in [2.05, 4.69) is 5.32 Å². The standard InChI is InChI=1S/C18H15N3O4/c1-10(22)11-7-8-14-13(9-11)15(17(24)21(14)18(19)25)16(23)20-12-5-3-2-4-6-12/h2-9,24H,1H3,(H2,19,25)(H,20,23). The summed E-state index contributed by atoms with van der Waals surface area (Å²) in [5.74, 6) is -1.39. The molecule has 0 aliphatic heterocycles. The number of rotatable bonds is 3. The van der Waals surface area contributed by atoms with Gasteiger partial charge in [0, 0.05) is 16.6 Å². The van der Waals surface area contributed by atoms with Gasteiger partial charge in [-0.15, -0.1) is 0 Å². The fourth-order valence-corrected chi connectivity index (χ4v) is 2.66. The summed E-state index contributed by atoms with van der Waals surface area (Å²) in [5, 5.41) is 13.3. The molecule has 0 saturated carbocycles. The number of Topliss-reactive ketones (excluding diaryl/α,β-unsaturated/α-hetero) is 1. The van der Waals surface area contributed by atoms with E-state index in [1.165, 1.54) is 25.1 Å². The van der Waals surface area contributed by atoms with Crippen LogP contribution in [-0.2, 0) is 0 Å². The molecule has 7 heteroatoms. The first-order valence-electron chi connectivity index (χ1n) is 7.44. The van der Waals surface area contributed by atoms with Gasteiger partial charge in [0.2, 0.25) is 5.88 Å². The molecule has 0 fully saturated rings. The van der Waals surface area contributed by atoms with Crippen LogP contribution in [0.3, 0.4) is 0 Å². The Morgan fingerprint density at radius 1 is 1.08 bits per heavy atom. The highest BCUT2D eigenvalue weighted by Gasteiger charge is 2.25. The Labute approximate surface area is 142 Å². The van der Waals surface area contributed by atoms with Gasteiger partial charge in [0.05, 0.1) is 5.52 Å². The molecule has 7 nitrogen and oxygen atoms in total. The third kappa shape index (κ3) is 2.83. The van der Waals surface area contributed by atoms with Crippen molar-refractivity contribution < 1.29 is 19.5 Å². The van der Waals surface area contributed by atoms with Crippen molar-refractivity contribution in [2.24, 2.45) is 5.73 Å². The maximum Gasteiger partial charge on any atom is 0.326 e. The number of amides is 2. The minimum absolute atomic E-state index is 0.124. The second-order valence-corrected chi connectivity index (χ2v) is 5.48. The van der Waals surface area contributed by atoms with Crippen molar-refractivity contribution in [1.82, 2.24) is 4.57 Å². The average Bonchev–Trinajstić information content (AvgIpc) is 2.86. The molecule has 2 amide bonds. The maximum atomic E-state index is 12.6. The van der Waals surface area contributed by atoms with Gasteiger partial charge in [0.1, 0.15) is 5.56 Å². The molecule has 3 aromatic rings. The smallest absolute Gasteiger partial charge is 0.326 e. The molecule has 25 heavy (non-hydrogen) atoms. The van der Waals surface area contributed by atoms with Crippen LogP contribution >= 0.6 is 0 Å². The Morgan fingerprint density at radius 2 is 1.76 bits per heavy atom. The number of benzene rings is 2. The van der Waals surface area contributed by atoms with Crippen LogP contribution in [0, 0.1) is 0 Å². The first-order valence-corrected chi connectivity index (χ1v) is 7.44. The number of carbonyl (C=O) groups excluding carboxylic acids is 3. The zero-order valence-electron chi connectivity index (χ0n) is 13.3. The van der Waals surface area contributed by atoms with Gasteiger partial charge >= 0.3 is 6.03 Å². The van der Waals surface area contributed by atoms with Crippen molar-refractivity contribution in [3.63, 3.8) is 0 Å². The maximum absolute atomic E-state index is 12.6. The molecule has 0 aliphatic carbocycles. The monoisotopic (exact) mass is 337 g/mol. The van der Waals surface area contributed by atoms with Crippen LogP contribution in [0.4, 0.5) is 10.5 Å². The first-order chi connectivity index (χ1) is 11.9. The molecule has 4 N–H and O–H groups in total. The molecule has 0 saturated heterocycles. The molecular weight excluding hydrogens is 322 g/mol. The average molecular weight is 337 g/mol. The largest absolute Gasteiger partial charge is 0.494 e. The molecular formula is C18H15N3O4. The van der Waals surface area contributed by atoms with Crippen LogP contribution < -0.4 is 11.1 Å². The number of aromatic hydroxyl groups is 1. The number of para-hydroxylation sites is 1. The zero-order valence-corrected chi connectivity index (χ0v) is 13.3. The number of nitrogens with zero attached hydrogens (tertiary/aromatic N) is 1. The lowest BCUT2D eigenvalue weighted by Gasteiger charge is -2.05. The number of aromatic nitrogens is 1. The summed E-state index contributed by atoms with van der Waals surface area (Å²) in [7, 11) is 0. The van der Waals surface area contributed by atoms with Crippen LogP contribution in [0.1, 0.15) is 27.6 Å². The molecule has 126 valence electrons. The Morgan fingerprint density at radius 3 is 2.36 bits per heavy atom. The van der Waals surface area contributed by atoms with Crippen LogP contribution in [-0.4, -0.2) is 27.4 Å². The highest BCUT2D eigenvalue weighted by molar-refractivity contribution is 6.17. The van der Waals surface area contributed by atoms with E-state index in [9.17, 15) is 19.5 Å². The van der Waals surface area contributed by atoms with Crippen molar-refractivity contribution in [2.45, 2.75) is 6.92 Å². The molecule has 0 radical (unpaired) electrons. The van der Waals surface area contributed by atoms with E-state index in [4.69, 9.17) is 5.73 Å². The molecule has 3 rings (SSSR count). The zero-order chi connectivity index (χ0) is 18.1. The summed E-state index contributed by atoms with van der Waals surface area (Å²) in [5.41, 5.74) is 6.30. The van der Waals surface area contributed by atoms with Crippen molar-refractivity contribution >= 4 is 34.3 Å². The lowest BCUT2D eigenvalue weighted by atomic mass is 10.1. The fraction of sp³-hybridized carbons (Fsp3) is 0.0556. The first kappa shape index (κ1) is 16.3. The number of ketones is 1. The number of fused-ring (bicyclic) bond motifs is 1. The van der Waals surface area contributed by atoms with Gasteiger partial charge in [-0.3, -0.25) is 9.59 Å². The Bertz CT molecular complexity index is 1010. The molecule has 0 aliphatic rings. The second-order valence-electron chi connectivity index (χ2n) is 5.48. The van der Waals surface area contributed by atoms with Crippen molar-refractivity contribution in [3.8, 4) is 5.88 Å². The summed E-state index contributed by atoms with van der Waals surface area (Å²) in [4.78, 5) is 35.9. The van der Waals surface area contributed by atoms with Gasteiger partial charge < -0.3 is 16.2 Å². The van der Waals surface area contributed by atoms with Crippen molar-refractivity contribution in [3.05, 3.63) is 59.7 Å². The fourth-order valence-electron chi connectivity index (χ4n) is 2.66. The number of hydrogen-bond acceptors (Lipinski definition) is 4. The molecule has 0 atom stereocenters. The third-order valence-corrected chi connectivity index (χ3v) is 3.83. The molecule has 0 spiro atoms. The van der Waals surface area contributed by atoms with E-state index in [1.54, 1.807) is 30.3 Å². The van der Waals surface area contributed by atoms with Gasteiger partial charge in [-0.05, 0) is 37.3 Å². The predicted octanol–water partition coefficient (Wildman–Crippen LogP) is 2.73. The molecule has 2 aromatic carbocycles. The van der Waals surface area contributed by atoms with E-state index in [0.29, 0.717) is 11.3 Å². The van der Waals surface area contributed by atoms with Gasteiger partial charge in [-0.25, -0.2) is 9.36 Å². The summed E-state index contributed by atoms with van der Waals surface area (Å²) >= 11 is 0. The third-order valence-electron chi connectivity index (χ3n) is 3.83. The van der Waals surface area contributed by atoms with E-state index >= 15 is 0 Å². The summed E-state index contributed by atoms with van der Waals surface area (Å²) in [6.45, 7) is 1.38. The van der Waals surface area contributed by atoms with E-state index in [1.807, 2.05) is 0 Å².